The van der Waals surface area contributed by atoms with Crippen molar-refractivity contribution in [3.8, 4) is 0 Å². The van der Waals surface area contributed by atoms with Gasteiger partial charge in [-0.25, -0.2) is 4.98 Å². The first-order valence-corrected chi connectivity index (χ1v) is 9.39. The quantitative estimate of drug-likeness (QED) is 0.538. The van der Waals surface area contributed by atoms with Gasteiger partial charge in [0.2, 0.25) is 5.91 Å². The number of nitrogens with zero attached hydrogens (tertiary/aromatic N) is 3. The lowest BCUT2D eigenvalue weighted by Gasteiger charge is -2.22. The minimum atomic E-state index is -0.0330. The molecule has 2 aromatic carbocycles. The number of fused-ring (bicyclic) bond motifs is 2. The summed E-state index contributed by atoms with van der Waals surface area (Å²) in [5.74, 6) is 0.832. The van der Waals surface area contributed by atoms with Gasteiger partial charge in [0.05, 0.1) is 17.6 Å². The molecule has 0 unspecified atom stereocenters. The maximum atomic E-state index is 12.7. The third kappa shape index (κ3) is 3.51. The maximum absolute atomic E-state index is 12.7. The Labute approximate surface area is 163 Å². The van der Waals surface area contributed by atoms with Gasteiger partial charge in [0.25, 0.3) is 0 Å². The third-order valence-electron chi connectivity index (χ3n) is 5.16. The topological polar surface area (TPSA) is 63.1 Å². The van der Waals surface area contributed by atoms with Crippen molar-refractivity contribution in [2.45, 2.75) is 13.0 Å². The van der Waals surface area contributed by atoms with Gasteiger partial charge in [0.15, 0.2) is 0 Å². The smallest absolute Gasteiger partial charge is 0.248 e. The molecule has 1 amide bonds. The van der Waals surface area contributed by atoms with E-state index in [0.717, 1.165) is 28.8 Å². The number of aromatic nitrogens is 3. The molecule has 6 heteroatoms. The zero-order chi connectivity index (χ0) is 19.5. The molecule has 0 aliphatic heterocycles. The van der Waals surface area contributed by atoms with Crippen LogP contribution >= 0.6 is 0 Å². The van der Waals surface area contributed by atoms with Crippen LogP contribution in [0.25, 0.3) is 21.9 Å². The predicted octanol–water partition coefficient (Wildman–Crippen LogP) is 3.27. The van der Waals surface area contributed by atoms with Gasteiger partial charge in [-0.1, -0.05) is 30.3 Å². The van der Waals surface area contributed by atoms with Gasteiger partial charge in [-0.05, 0) is 30.2 Å². The third-order valence-corrected chi connectivity index (χ3v) is 5.16. The number of carbonyl (C=O) groups excluding carboxylic acids is 1. The second kappa shape index (κ2) is 7.86. The second-order valence-electron chi connectivity index (χ2n) is 6.93. The summed E-state index contributed by atoms with van der Waals surface area (Å²) in [7, 11) is 3.54. The molecule has 0 radical (unpaired) electrons. The minimum absolute atomic E-state index is 0.0330. The molecule has 0 aliphatic rings. The number of ether oxygens (including phenoxy) is 1. The summed E-state index contributed by atoms with van der Waals surface area (Å²) in [5, 5.41) is 1.20. The molecule has 4 rings (SSSR count). The summed E-state index contributed by atoms with van der Waals surface area (Å²) < 4.78 is 7.14. The number of amides is 1. The SMILES string of the molecule is COCC(=O)N(CCc1c[nH]c2ccccc12)Cc1nc2ccccc2n1C. The number of hydrogen-bond donors (Lipinski definition) is 1. The Morgan fingerprint density at radius 3 is 2.79 bits per heavy atom. The molecule has 2 heterocycles. The maximum Gasteiger partial charge on any atom is 0.248 e. The lowest BCUT2D eigenvalue weighted by molar-refractivity contribution is -0.135. The Morgan fingerprint density at radius 2 is 1.96 bits per heavy atom. The number of H-pyrrole nitrogens is 1. The van der Waals surface area contributed by atoms with Crippen molar-refractivity contribution >= 4 is 27.8 Å². The van der Waals surface area contributed by atoms with Crippen molar-refractivity contribution in [3.63, 3.8) is 0 Å². The van der Waals surface area contributed by atoms with E-state index in [1.54, 1.807) is 7.11 Å². The van der Waals surface area contributed by atoms with E-state index in [9.17, 15) is 4.79 Å². The number of para-hydroxylation sites is 3. The van der Waals surface area contributed by atoms with E-state index in [1.165, 1.54) is 10.9 Å². The average Bonchev–Trinajstić information content (AvgIpc) is 3.27. The Balaban J connectivity index is 1.56. The molecule has 0 bridgehead atoms. The van der Waals surface area contributed by atoms with Crippen LogP contribution in [0.15, 0.2) is 54.7 Å². The zero-order valence-corrected chi connectivity index (χ0v) is 16.2. The summed E-state index contributed by atoms with van der Waals surface area (Å²) in [5.41, 5.74) is 4.32. The Hall–Kier alpha value is -3.12. The predicted molar refractivity (Wildman–Crippen MR) is 110 cm³/mol. The summed E-state index contributed by atoms with van der Waals surface area (Å²) in [6.45, 7) is 1.13. The number of nitrogens with one attached hydrogen (secondary N) is 1. The van der Waals surface area contributed by atoms with Crippen LogP contribution in [-0.2, 0) is 29.5 Å². The number of aromatic amines is 1. The summed E-state index contributed by atoms with van der Waals surface area (Å²) in [4.78, 5) is 22.5. The normalized spacial score (nSPS) is 11.4. The molecular formula is C22H24N4O2. The van der Waals surface area contributed by atoms with Crippen LogP contribution in [0.4, 0.5) is 0 Å². The summed E-state index contributed by atoms with van der Waals surface area (Å²) >= 11 is 0. The Bertz CT molecular complexity index is 1110. The lowest BCUT2D eigenvalue weighted by Crippen LogP contribution is -2.35. The highest BCUT2D eigenvalue weighted by Gasteiger charge is 2.18. The van der Waals surface area contributed by atoms with Crippen molar-refractivity contribution in [2.75, 3.05) is 20.3 Å². The first-order valence-electron chi connectivity index (χ1n) is 9.39. The molecule has 0 atom stereocenters. The fourth-order valence-corrected chi connectivity index (χ4v) is 3.61. The molecule has 0 spiro atoms. The lowest BCUT2D eigenvalue weighted by atomic mass is 10.1. The van der Waals surface area contributed by atoms with E-state index in [0.29, 0.717) is 13.1 Å². The number of benzene rings is 2. The Morgan fingerprint density at radius 1 is 1.18 bits per heavy atom. The fourth-order valence-electron chi connectivity index (χ4n) is 3.61. The number of hydrogen-bond acceptors (Lipinski definition) is 3. The molecule has 6 nitrogen and oxygen atoms in total. The highest BCUT2D eigenvalue weighted by Crippen LogP contribution is 2.20. The first kappa shape index (κ1) is 18.3. The van der Waals surface area contributed by atoms with Gasteiger partial charge >= 0.3 is 0 Å². The van der Waals surface area contributed by atoms with E-state index >= 15 is 0 Å². The molecular weight excluding hydrogens is 352 g/mol. The van der Waals surface area contributed by atoms with Crippen LogP contribution in [0.5, 0.6) is 0 Å². The molecule has 0 aliphatic carbocycles. The molecule has 4 aromatic rings. The van der Waals surface area contributed by atoms with Crippen LogP contribution in [0, 0.1) is 0 Å². The van der Waals surface area contributed by atoms with Gasteiger partial charge < -0.3 is 19.2 Å². The minimum Gasteiger partial charge on any atom is -0.375 e. The van der Waals surface area contributed by atoms with E-state index < -0.39 is 0 Å². The van der Waals surface area contributed by atoms with Crippen LogP contribution in [0.1, 0.15) is 11.4 Å². The molecule has 0 saturated carbocycles. The van der Waals surface area contributed by atoms with E-state index in [-0.39, 0.29) is 12.5 Å². The summed E-state index contributed by atoms with van der Waals surface area (Å²) in [6, 6.07) is 16.2. The number of aryl methyl sites for hydroxylation is 1. The van der Waals surface area contributed by atoms with Gasteiger partial charge in [0.1, 0.15) is 12.4 Å². The van der Waals surface area contributed by atoms with Crippen molar-refractivity contribution < 1.29 is 9.53 Å². The van der Waals surface area contributed by atoms with Crippen molar-refractivity contribution in [1.82, 2.24) is 19.4 Å². The van der Waals surface area contributed by atoms with Crippen LogP contribution in [0.2, 0.25) is 0 Å². The molecule has 28 heavy (non-hydrogen) atoms. The van der Waals surface area contributed by atoms with Gasteiger partial charge in [-0.15, -0.1) is 0 Å². The number of carbonyl (C=O) groups is 1. The van der Waals surface area contributed by atoms with Crippen LogP contribution in [0.3, 0.4) is 0 Å². The zero-order valence-electron chi connectivity index (χ0n) is 16.2. The van der Waals surface area contributed by atoms with Crippen molar-refractivity contribution in [1.29, 1.82) is 0 Å². The van der Waals surface area contributed by atoms with Gasteiger partial charge in [-0.2, -0.15) is 0 Å². The number of imidazole rings is 1. The van der Waals surface area contributed by atoms with Crippen LogP contribution in [-0.4, -0.2) is 45.6 Å². The van der Waals surface area contributed by atoms with Crippen LogP contribution < -0.4 is 0 Å². The highest BCUT2D eigenvalue weighted by molar-refractivity contribution is 5.83. The Kier molecular flexibility index (Phi) is 5.12. The monoisotopic (exact) mass is 376 g/mol. The van der Waals surface area contributed by atoms with E-state index in [1.807, 2.05) is 59.1 Å². The number of methoxy groups -OCH3 is 1. The molecule has 1 N–H and O–H groups in total. The molecule has 2 aromatic heterocycles. The van der Waals surface area contributed by atoms with Gasteiger partial charge in [0, 0.05) is 37.8 Å². The number of rotatable bonds is 7. The second-order valence-corrected chi connectivity index (χ2v) is 6.93. The van der Waals surface area contributed by atoms with Gasteiger partial charge in [-0.3, -0.25) is 4.79 Å². The molecule has 0 fully saturated rings. The summed E-state index contributed by atoms with van der Waals surface area (Å²) in [6.07, 6.45) is 2.79. The average molecular weight is 376 g/mol. The van der Waals surface area contributed by atoms with Crippen molar-refractivity contribution in [3.05, 3.63) is 66.1 Å². The largest absolute Gasteiger partial charge is 0.375 e. The van der Waals surface area contributed by atoms with Crippen molar-refractivity contribution in [2.24, 2.45) is 7.05 Å². The first-order chi connectivity index (χ1) is 13.7. The molecule has 0 saturated heterocycles. The highest BCUT2D eigenvalue weighted by atomic mass is 16.5. The molecule has 144 valence electrons. The van der Waals surface area contributed by atoms with E-state index in [4.69, 9.17) is 9.72 Å². The standard InChI is InChI=1S/C22H24N4O2/c1-25-20-10-6-5-9-19(20)24-21(25)14-26(22(27)15-28-2)12-11-16-13-23-18-8-4-3-7-17(16)18/h3-10,13,23H,11-12,14-15H2,1-2H3. The van der Waals surface area contributed by atoms with E-state index in [2.05, 4.69) is 17.1 Å². The fraction of sp³-hybridized carbons (Fsp3) is 0.273.